The maximum Gasteiger partial charge on any atom is 0.0780 e. The highest BCUT2D eigenvalue weighted by Crippen LogP contribution is 2.09. The Bertz CT molecular complexity index is 595. The highest BCUT2D eigenvalue weighted by molar-refractivity contribution is 4.93. The van der Waals surface area contributed by atoms with Crippen LogP contribution in [0.3, 0.4) is 0 Å². The van der Waals surface area contributed by atoms with Crippen molar-refractivity contribution in [1.82, 2.24) is 5.32 Å². The Morgan fingerprint density at radius 3 is 1.51 bits per heavy atom. The van der Waals surface area contributed by atoms with E-state index >= 15 is 0 Å². The Hall–Kier alpha value is -1.16. The van der Waals surface area contributed by atoms with Gasteiger partial charge in [-0.3, -0.25) is 0 Å². The van der Waals surface area contributed by atoms with Gasteiger partial charge in [0.15, 0.2) is 0 Å². The van der Waals surface area contributed by atoms with Crippen molar-refractivity contribution in [2.75, 3.05) is 32.9 Å². The average Bonchev–Trinajstić information content (AvgIpc) is 2.98. The average molecular weight is 574 g/mol. The van der Waals surface area contributed by atoms with Gasteiger partial charge in [0.05, 0.1) is 12.7 Å². The SMILES string of the molecule is CCCCC/C=C\C/C=C\CCCCCCCCOCC(C)OCCCNCCCC/C=C\C/C=C\CCCCC. The number of hydrogen-bond donors (Lipinski definition) is 1. The summed E-state index contributed by atoms with van der Waals surface area (Å²) < 4.78 is 11.7. The summed E-state index contributed by atoms with van der Waals surface area (Å²) >= 11 is 0. The quantitative estimate of drug-likeness (QED) is 0.0625. The van der Waals surface area contributed by atoms with E-state index in [-0.39, 0.29) is 6.10 Å². The van der Waals surface area contributed by atoms with E-state index in [0.717, 1.165) is 52.2 Å². The maximum atomic E-state index is 5.91. The molecule has 0 aliphatic carbocycles. The lowest BCUT2D eigenvalue weighted by molar-refractivity contribution is -0.00805. The molecule has 41 heavy (non-hydrogen) atoms. The van der Waals surface area contributed by atoms with E-state index in [4.69, 9.17) is 9.47 Å². The predicted octanol–water partition coefficient (Wildman–Crippen LogP) is 11.5. The van der Waals surface area contributed by atoms with Gasteiger partial charge in [0.2, 0.25) is 0 Å². The second kappa shape index (κ2) is 36.9. The number of unbranched alkanes of at least 4 members (excludes halogenated alkanes) is 14. The van der Waals surface area contributed by atoms with Crippen LogP contribution in [0.2, 0.25) is 0 Å². The number of ether oxygens (including phenoxy) is 2. The molecule has 0 rings (SSSR count). The minimum absolute atomic E-state index is 0.192. The van der Waals surface area contributed by atoms with Crippen LogP contribution >= 0.6 is 0 Å². The zero-order valence-electron chi connectivity index (χ0n) is 27.9. The summed E-state index contributed by atoms with van der Waals surface area (Å²) in [6.45, 7) is 11.2. The van der Waals surface area contributed by atoms with Gasteiger partial charge in [0.25, 0.3) is 0 Å². The third kappa shape index (κ3) is 36.8. The third-order valence-corrected chi connectivity index (χ3v) is 7.30. The molecule has 0 saturated heterocycles. The molecule has 0 aromatic carbocycles. The Morgan fingerprint density at radius 1 is 0.488 bits per heavy atom. The first-order valence-electron chi connectivity index (χ1n) is 17.8. The van der Waals surface area contributed by atoms with Crippen molar-refractivity contribution in [1.29, 1.82) is 0 Å². The van der Waals surface area contributed by atoms with Gasteiger partial charge in [-0.2, -0.15) is 0 Å². The summed E-state index contributed by atoms with van der Waals surface area (Å²) in [6, 6.07) is 0. The van der Waals surface area contributed by atoms with Crippen LogP contribution in [0.25, 0.3) is 0 Å². The summed E-state index contributed by atoms with van der Waals surface area (Å²) in [7, 11) is 0. The van der Waals surface area contributed by atoms with Crippen molar-refractivity contribution in [3.05, 3.63) is 48.6 Å². The van der Waals surface area contributed by atoms with Crippen molar-refractivity contribution in [3.8, 4) is 0 Å². The zero-order valence-corrected chi connectivity index (χ0v) is 27.9. The van der Waals surface area contributed by atoms with Gasteiger partial charge < -0.3 is 14.8 Å². The van der Waals surface area contributed by atoms with Gasteiger partial charge in [-0.05, 0) is 103 Å². The first-order valence-corrected chi connectivity index (χ1v) is 17.8. The van der Waals surface area contributed by atoms with E-state index < -0.39 is 0 Å². The molecule has 0 aliphatic rings. The molecule has 1 N–H and O–H groups in total. The van der Waals surface area contributed by atoms with Crippen LogP contribution in [-0.4, -0.2) is 39.0 Å². The summed E-state index contributed by atoms with van der Waals surface area (Å²) in [6.07, 6.45) is 45.3. The number of nitrogens with one attached hydrogen (secondary N) is 1. The molecule has 1 unspecified atom stereocenters. The fourth-order valence-electron chi connectivity index (χ4n) is 4.63. The molecule has 3 nitrogen and oxygen atoms in total. The molecular formula is C38H71NO2. The van der Waals surface area contributed by atoms with Crippen molar-refractivity contribution < 1.29 is 9.47 Å². The van der Waals surface area contributed by atoms with Crippen LogP contribution in [0.4, 0.5) is 0 Å². The van der Waals surface area contributed by atoms with E-state index in [1.807, 2.05) is 0 Å². The van der Waals surface area contributed by atoms with E-state index in [0.29, 0.717) is 0 Å². The normalized spacial score (nSPS) is 13.1. The van der Waals surface area contributed by atoms with Crippen LogP contribution in [0, 0.1) is 0 Å². The monoisotopic (exact) mass is 574 g/mol. The van der Waals surface area contributed by atoms with Gasteiger partial charge in [0, 0.05) is 13.2 Å². The topological polar surface area (TPSA) is 30.5 Å². The van der Waals surface area contributed by atoms with E-state index in [2.05, 4.69) is 74.7 Å². The van der Waals surface area contributed by atoms with E-state index in [9.17, 15) is 0 Å². The van der Waals surface area contributed by atoms with Gasteiger partial charge >= 0.3 is 0 Å². The summed E-state index contributed by atoms with van der Waals surface area (Å²) in [4.78, 5) is 0. The molecule has 3 heteroatoms. The molecule has 0 aliphatic heterocycles. The zero-order chi connectivity index (χ0) is 29.7. The lowest BCUT2D eigenvalue weighted by Gasteiger charge is -2.13. The van der Waals surface area contributed by atoms with Crippen molar-refractivity contribution in [3.63, 3.8) is 0 Å². The third-order valence-electron chi connectivity index (χ3n) is 7.30. The Kier molecular flexibility index (Phi) is 35.8. The fourth-order valence-corrected chi connectivity index (χ4v) is 4.63. The lowest BCUT2D eigenvalue weighted by atomic mass is 10.1. The molecule has 0 heterocycles. The minimum Gasteiger partial charge on any atom is -0.379 e. The number of rotatable bonds is 33. The summed E-state index contributed by atoms with van der Waals surface area (Å²) in [5.74, 6) is 0. The van der Waals surface area contributed by atoms with Crippen LogP contribution < -0.4 is 5.32 Å². The highest BCUT2D eigenvalue weighted by atomic mass is 16.5. The van der Waals surface area contributed by atoms with Crippen molar-refractivity contribution >= 4 is 0 Å². The molecule has 1 atom stereocenters. The Morgan fingerprint density at radius 2 is 0.951 bits per heavy atom. The van der Waals surface area contributed by atoms with Gasteiger partial charge in [-0.1, -0.05) is 114 Å². The lowest BCUT2D eigenvalue weighted by Crippen LogP contribution is -2.21. The number of hydrogen-bond acceptors (Lipinski definition) is 3. The van der Waals surface area contributed by atoms with Crippen LogP contribution in [0.1, 0.15) is 156 Å². The Balaban J connectivity index is 3.27. The molecule has 0 saturated carbocycles. The van der Waals surface area contributed by atoms with Crippen molar-refractivity contribution in [2.24, 2.45) is 0 Å². The van der Waals surface area contributed by atoms with Crippen LogP contribution in [-0.2, 0) is 9.47 Å². The van der Waals surface area contributed by atoms with Gasteiger partial charge in [-0.25, -0.2) is 0 Å². The highest BCUT2D eigenvalue weighted by Gasteiger charge is 2.02. The van der Waals surface area contributed by atoms with E-state index in [1.54, 1.807) is 0 Å². The molecule has 0 aromatic rings. The standard InChI is InChI=1S/C38H71NO2/c1-4-6-8-10-12-14-16-18-19-20-21-23-25-27-29-31-35-40-37-38(3)41-36-32-34-39-33-30-28-26-24-22-17-15-13-11-9-7-5-2/h12-15,18-19,22,24,38-39H,4-11,16-17,20-21,23,25-37H2,1-3H3/b14-12-,15-13-,19-18-,24-22-. The molecule has 0 radical (unpaired) electrons. The van der Waals surface area contributed by atoms with Gasteiger partial charge in [0.1, 0.15) is 0 Å². The molecule has 0 spiro atoms. The predicted molar refractivity (Wildman–Crippen MR) is 184 cm³/mol. The molecule has 240 valence electrons. The second-order valence-electron chi connectivity index (χ2n) is 11.6. The van der Waals surface area contributed by atoms with Gasteiger partial charge in [-0.15, -0.1) is 0 Å². The minimum atomic E-state index is 0.192. The summed E-state index contributed by atoms with van der Waals surface area (Å²) in [5.41, 5.74) is 0. The molecule has 0 fully saturated rings. The fraction of sp³-hybridized carbons (Fsp3) is 0.789. The molecule has 0 bridgehead atoms. The molecule has 0 amide bonds. The van der Waals surface area contributed by atoms with Crippen LogP contribution in [0.5, 0.6) is 0 Å². The largest absolute Gasteiger partial charge is 0.379 e. The first-order chi connectivity index (χ1) is 20.3. The Labute approximate surface area is 257 Å². The smallest absolute Gasteiger partial charge is 0.0780 e. The maximum absolute atomic E-state index is 5.91. The molecule has 0 aromatic heterocycles. The van der Waals surface area contributed by atoms with Crippen LogP contribution in [0.15, 0.2) is 48.6 Å². The summed E-state index contributed by atoms with van der Waals surface area (Å²) in [5, 5.41) is 3.55. The van der Waals surface area contributed by atoms with Crippen molar-refractivity contribution in [2.45, 2.75) is 162 Å². The second-order valence-corrected chi connectivity index (χ2v) is 11.6. The molecular weight excluding hydrogens is 502 g/mol. The van der Waals surface area contributed by atoms with E-state index in [1.165, 1.54) is 116 Å². The first kappa shape index (κ1) is 39.8. The number of allylic oxidation sites excluding steroid dienone is 8.